The Hall–Kier alpha value is -2.87. The number of benzene rings is 1. The number of hydrogen-bond donors (Lipinski definition) is 2. The van der Waals surface area contributed by atoms with Crippen molar-refractivity contribution >= 4 is 5.95 Å². The van der Waals surface area contributed by atoms with Crippen molar-refractivity contribution in [2.75, 3.05) is 5.73 Å². The van der Waals surface area contributed by atoms with Crippen LogP contribution >= 0.6 is 0 Å². The smallest absolute Gasteiger partial charge is 0.219 e. The average Bonchev–Trinajstić information content (AvgIpc) is 2.96. The number of nitrogen functional groups attached to an aromatic ring is 1. The van der Waals surface area contributed by atoms with Crippen LogP contribution in [0.25, 0.3) is 5.69 Å². The summed E-state index contributed by atoms with van der Waals surface area (Å²) in [6.45, 7) is 4.38. The van der Waals surface area contributed by atoms with Crippen molar-refractivity contribution in [2.45, 2.75) is 26.4 Å². The Balaban J connectivity index is 1.76. The second-order valence-corrected chi connectivity index (χ2v) is 5.74. The molecular formula is C17H18F2N6. The first-order valence-electron chi connectivity index (χ1n) is 7.75. The van der Waals surface area contributed by atoms with Crippen LogP contribution in [-0.4, -0.2) is 19.7 Å². The van der Waals surface area contributed by atoms with Crippen LogP contribution in [-0.2, 0) is 6.54 Å². The minimum atomic E-state index is -0.655. The number of anilines is 1. The predicted octanol–water partition coefficient (Wildman–Crippen LogP) is 2.68. The van der Waals surface area contributed by atoms with Crippen LogP contribution in [0.4, 0.5) is 14.7 Å². The Kier molecular flexibility index (Phi) is 4.71. The fourth-order valence-electron chi connectivity index (χ4n) is 2.58. The van der Waals surface area contributed by atoms with Crippen molar-refractivity contribution < 1.29 is 8.78 Å². The van der Waals surface area contributed by atoms with Gasteiger partial charge in [0, 0.05) is 47.9 Å². The van der Waals surface area contributed by atoms with Gasteiger partial charge in [0.15, 0.2) is 5.82 Å². The van der Waals surface area contributed by atoms with Gasteiger partial charge in [0.2, 0.25) is 5.95 Å². The molecule has 0 saturated carbocycles. The molecule has 3 aromatic rings. The normalized spacial score (nSPS) is 12.3. The maximum atomic E-state index is 14.0. The summed E-state index contributed by atoms with van der Waals surface area (Å²) in [5.74, 6) is -1.04. The van der Waals surface area contributed by atoms with Crippen molar-refractivity contribution in [3.8, 4) is 5.69 Å². The van der Waals surface area contributed by atoms with Crippen molar-refractivity contribution in [3.63, 3.8) is 0 Å². The van der Waals surface area contributed by atoms with Gasteiger partial charge in [-0.3, -0.25) is 0 Å². The standard InChI is InChI=1S/C17H18F2N6/c1-10(21-6-12-7-22-17(20)23-8-12)14-9-24-25(11(14)2)16-4-3-13(18)5-15(16)19/h3-5,7-10,21H,6H2,1-2H3,(H2,20,22,23). The minimum absolute atomic E-state index is 0.0326. The SMILES string of the molecule is Cc1c(C(C)NCc2cnc(N)nc2)cnn1-c1ccc(F)cc1F. The lowest BCUT2D eigenvalue weighted by atomic mass is 10.1. The van der Waals surface area contributed by atoms with Gasteiger partial charge in [-0.1, -0.05) is 0 Å². The monoisotopic (exact) mass is 344 g/mol. The van der Waals surface area contributed by atoms with E-state index in [1.165, 1.54) is 16.8 Å². The molecule has 1 atom stereocenters. The molecule has 0 aliphatic heterocycles. The van der Waals surface area contributed by atoms with Crippen LogP contribution in [0.5, 0.6) is 0 Å². The Morgan fingerprint density at radius 1 is 1.20 bits per heavy atom. The third kappa shape index (κ3) is 3.63. The fourth-order valence-corrected chi connectivity index (χ4v) is 2.58. The molecule has 0 spiro atoms. The van der Waals surface area contributed by atoms with E-state index in [2.05, 4.69) is 20.4 Å². The molecule has 0 radical (unpaired) electrons. The van der Waals surface area contributed by atoms with E-state index in [4.69, 9.17) is 5.73 Å². The van der Waals surface area contributed by atoms with Gasteiger partial charge in [-0.2, -0.15) is 5.10 Å². The first-order valence-corrected chi connectivity index (χ1v) is 7.75. The van der Waals surface area contributed by atoms with Crippen molar-refractivity contribution in [3.05, 3.63) is 65.2 Å². The second-order valence-electron chi connectivity index (χ2n) is 5.74. The van der Waals surface area contributed by atoms with Gasteiger partial charge in [-0.25, -0.2) is 23.4 Å². The predicted molar refractivity (Wildman–Crippen MR) is 89.9 cm³/mol. The summed E-state index contributed by atoms with van der Waals surface area (Å²) >= 11 is 0. The Morgan fingerprint density at radius 2 is 1.92 bits per heavy atom. The van der Waals surface area contributed by atoms with Gasteiger partial charge in [-0.05, 0) is 26.0 Å². The van der Waals surface area contributed by atoms with E-state index in [1.807, 2.05) is 13.8 Å². The first kappa shape index (κ1) is 17.0. The summed E-state index contributed by atoms with van der Waals surface area (Å²) in [6.07, 6.45) is 4.99. The van der Waals surface area contributed by atoms with Gasteiger partial charge in [0.1, 0.15) is 11.5 Å². The molecule has 1 aromatic carbocycles. The molecule has 130 valence electrons. The molecule has 8 heteroatoms. The van der Waals surface area contributed by atoms with E-state index in [0.29, 0.717) is 6.54 Å². The molecule has 0 aliphatic rings. The second kappa shape index (κ2) is 6.94. The van der Waals surface area contributed by atoms with Crippen molar-refractivity contribution in [2.24, 2.45) is 0 Å². The third-order valence-corrected chi connectivity index (χ3v) is 3.99. The molecule has 1 unspecified atom stereocenters. The van der Waals surface area contributed by atoms with Crippen molar-refractivity contribution in [1.29, 1.82) is 0 Å². The van der Waals surface area contributed by atoms with E-state index < -0.39 is 11.6 Å². The van der Waals surface area contributed by atoms with Gasteiger partial charge >= 0.3 is 0 Å². The molecule has 0 saturated heterocycles. The highest BCUT2D eigenvalue weighted by Crippen LogP contribution is 2.22. The van der Waals surface area contributed by atoms with Gasteiger partial charge in [-0.15, -0.1) is 0 Å². The number of nitrogens with zero attached hydrogens (tertiary/aromatic N) is 4. The lowest BCUT2D eigenvalue weighted by Gasteiger charge is -2.14. The molecule has 2 aromatic heterocycles. The zero-order valence-corrected chi connectivity index (χ0v) is 13.9. The number of nitrogens with one attached hydrogen (secondary N) is 1. The summed E-state index contributed by atoms with van der Waals surface area (Å²) in [6, 6.07) is 3.40. The number of nitrogens with two attached hydrogens (primary N) is 1. The van der Waals surface area contributed by atoms with E-state index in [9.17, 15) is 8.78 Å². The van der Waals surface area contributed by atoms with Gasteiger partial charge < -0.3 is 11.1 Å². The number of rotatable bonds is 5. The molecule has 6 nitrogen and oxygen atoms in total. The number of aromatic nitrogens is 4. The van der Waals surface area contributed by atoms with E-state index >= 15 is 0 Å². The lowest BCUT2D eigenvalue weighted by Crippen LogP contribution is -2.19. The molecule has 0 fully saturated rings. The molecular weight excluding hydrogens is 326 g/mol. The highest BCUT2D eigenvalue weighted by Gasteiger charge is 2.16. The Labute approximate surface area is 143 Å². The number of halogens is 2. The van der Waals surface area contributed by atoms with Crippen LogP contribution in [0.2, 0.25) is 0 Å². The maximum absolute atomic E-state index is 14.0. The quantitative estimate of drug-likeness (QED) is 0.744. The highest BCUT2D eigenvalue weighted by molar-refractivity contribution is 5.37. The summed E-state index contributed by atoms with van der Waals surface area (Å²) in [7, 11) is 0. The maximum Gasteiger partial charge on any atom is 0.219 e. The molecule has 3 rings (SSSR count). The topological polar surface area (TPSA) is 81.7 Å². The van der Waals surface area contributed by atoms with Crippen LogP contribution < -0.4 is 11.1 Å². The highest BCUT2D eigenvalue weighted by atomic mass is 19.1. The Bertz CT molecular complexity index is 875. The van der Waals surface area contributed by atoms with Crippen LogP contribution in [0, 0.1) is 18.6 Å². The largest absolute Gasteiger partial charge is 0.368 e. The van der Waals surface area contributed by atoms with Crippen LogP contribution in [0.15, 0.2) is 36.8 Å². The molecule has 0 bridgehead atoms. The minimum Gasteiger partial charge on any atom is -0.368 e. The van der Waals surface area contributed by atoms with E-state index in [1.54, 1.807) is 18.6 Å². The molecule has 3 N–H and O–H groups in total. The van der Waals surface area contributed by atoms with Gasteiger partial charge in [0.25, 0.3) is 0 Å². The van der Waals surface area contributed by atoms with Crippen LogP contribution in [0.3, 0.4) is 0 Å². The summed E-state index contributed by atoms with van der Waals surface area (Å²) in [5, 5.41) is 7.57. The zero-order valence-electron chi connectivity index (χ0n) is 13.9. The third-order valence-electron chi connectivity index (χ3n) is 3.99. The van der Waals surface area contributed by atoms with Gasteiger partial charge in [0.05, 0.1) is 6.20 Å². The van der Waals surface area contributed by atoms with Crippen molar-refractivity contribution in [1.82, 2.24) is 25.1 Å². The molecule has 0 aliphatic carbocycles. The Morgan fingerprint density at radius 3 is 2.60 bits per heavy atom. The fraction of sp³-hybridized carbons (Fsp3) is 0.235. The first-order chi connectivity index (χ1) is 12.0. The number of hydrogen-bond acceptors (Lipinski definition) is 5. The summed E-state index contributed by atoms with van der Waals surface area (Å²) < 4.78 is 28.5. The molecule has 25 heavy (non-hydrogen) atoms. The molecule has 0 amide bonds. The van der Waals surface area contributed by atoms with E-state index in [-0.39, 0.29) is 17.7 Å². The van der Waals surface area contributed by atoms with E-state index in [0.717, 1.165) is 22.9 Å². The summed E-state index contributed by atoms with van der Waals surface area (Å²) in [4.78, 5) is 7.89. The average molecular weight is 344 g/mol. The summed E-state index contributed by atoms with van der Waals surface area (Å²) in [5.41, 5.74) is 8.27. The lowest BCUT2D eigenvalue weighted by molar-refractivity contribution is 0.565. The zero-order chi connectivity index (χ0) is 18.0. The van der Waals surface area contributed by atoms with Crippen LogP contribution in [0.1, 0.15) is 29.8 Å². The molecule has 2 heterocycles.